The summed E-state index contributed by atoms with van der Waals surface area (Å²) in [4.78, 5) is 191. The minimum atomic E-state index is -0.522. The summed E-state index contributed by atoms with van der Waals surface area (Å²) >= 11 is 0. The Morgan fingerprint density at radius 1 is 0.350 bits per heavy atom. The summed E-state index contributed by atoms with van der Waals surface area (Å²) in [5, 5.41) is 0. The van der Waals surface area contributed by atoms with Gasteiger partial charge in [0.2, 0.25) is 0 Å². The lowest BCUT2D eigenvalue weighted by atomic mass is 9.97. The highest BCUT2D eigenvalue weighted by molar-refractivity contribution is 5.89. The highest BCUT2D eigenvalue weighted by atomic mass is 16.6. The van der Waals surface area contributed by atoms with E-state index in [1.165, 1.54) is 85.0 Å². The number of rotatable bonds is 33. The lowest BCUT2D eigenvalue weighted by Gasteiger charge is -2.20. The smallest absolute Gasteiger partial charge is 0.338 e. The summed E-state index contributed by atoms with van der Waals surface area (Å²) in [6.07, 6.45) is 17.8. The van der Waals surface area contributed by atoms with E-state index in [4.69, 9.17) is 28.4 Å². The van der Waals surface area contributed by atoms with Gasteiger partial charge in [-0.3, -0.25) is 79.2 Å². The van der Waals surface area contributed by atoms with Crippen LogP contribution in [0.2, 0.25) is 0 Å². The van der Waals surface area contributed by atoms with E-state index in [9.17, 15) is 67.1 Å². The van der Waals surface area contributed by atoms with Crippen LogP contribution in [0.25, 0.3) is 55.8 Å². The van der Waals surface area contributed by atoms with E-state index >= 15 is 0 Å². The summed E-state index contributed by atoms with van der Waals surface area (Å²) in [7, 11) is 19.9. The molecule has 11 rings (SSSR count). The molecule has 0 N–H and O–H groups in total. The van der Waals surface area contributed by atoms with Gasteiger partial charge in [0.1, 0.15) is 6.61 Å². The van der Waals surface area contributed by atoms with Gasteiger partial charge in [-0.2, -0.15) is 0 Å². The molecular weight excluding hydrogens is 1600 g/mol. The molecule has 0 saturated heterocycles. The maximum absolute atomic E-state index is 12.6. The molecule has 0 aliphatic rings. The van der Waals surface area contributed by atoms with Crippen molar-refractivity contribution in [2.45, 2.75) is 222 Å². The predicted molar refractivity (Wildman–Crippen MR) is 462 cm³/mol. The van der Waals surface area contributed by atoms with Crippen LogP contribution in [0.3, 0.4) is 0 Å². The lowest BCUT2D eigenvalue weighted by molar-refractivity contribution is -0.158. The maximum atomic E-state index is 12.6. The molecular formula is C83H120N20O20. The third-order valence-corrected chi connectivity index (χ3v) is 20.8. The van der Waals surface area contributed by atoms with Crippen molar-refractivity contribution in [2.75, 3.05) is 20.8 Å². The number of unbranched alkanes of at least 4 members (excludes halogenated alkanes) is 5. The normalized spacial score (nSPS) is 12.7. The van der Waals surface area contributed by atoms with Crippen LogP contribution >= 0.6 is 0 Å². The van der Waals surface area contributed by atoms with Crippen LogP contribution in [0.15, 0.2) is 110 Å². The average Bonchev–Trinajstić information content (AvgIpc) is 1.68. The summed E-state index contributed by atoms with van der Waals surface area (Å²) in [6, 6.07) is 8.85. The van der Waals surface area contributed by atoms with Gasteiger partial charge in [0.05, 0.1) is 73.1 Å². The van der Waals surface area contributed by atoms with Crippen LogP contribution in [-0.2, 0) is 146 Å². The molecule has 5 unspecified atom stereocenters. The maximum Gasteiger partial charge on any atom is 0.338 e. The fraction of sp³-hybridized carbons (Fsp3) is 0.578. The van der Waals surface area contributed by atoms with Gasteiger partial charge in [-0.05, 0) is 164 Å². The SMILES string of the molecule is CC(=O)OC(C)CCCCn1c(=O)c2c(ncn2C)n(C)c1=O.CC(CCCCn1c(=O)c2c(ncn2C)n(C)c1=O)OC(=O)C(C)(C)C.CC(CCCCn1c(=O)c2c(ncn2C)n(C)c1=O)OC(=O)c1ccccc1.COC(C)CCCCn1c(=O)c2c(ncn2C)n(C)c1=O.COCC(=O)OC(C)CCCCn1c(=O)c2c(ncn2C)n(C)c1=O. The minimum absolute atomic E-state index is 0.0690. The second kappa shape index (κ2) is 44.5. The highest BCUT2D eigenvalue weighted by Gasteiger charge is 2.26. The average molecular weight is 1720 g/mol. The summed E-state index contributed by atoms with van der Waals surface area (Å²) in [5.74, 6) is -1.28. The molecule has 40 nitrogen and oxygen atoms in total. The molecule has 0 spiro atoms. The van der Waals surface area contributed by atoms with Crippen LogP contribution in [-0.4, -0.2) is 169 Å². The summed E-state index contributed by atoms with van der Waals surface area (Å²) < 4.78 is 52.3. The van der Waals surface area contributed by atoms with E-state index in [0.29, 0.717) is 145 Å². The number of hydrogen-bond donors (Lipinski definition) is 0. The fourth-order valence-corrected chi connectivity index (χ4v) is 13.7. The first-order chi connectivity index (χ1) is 58.1. The Balaban J connectivity index is 0.000000212. The first kappa shape index (κ1) is 97.9. The molecule has 123 heavy (non-hydrogen) atoms. The fourth-order valence-electron chi connectivity index (χ4n) is 13.7. The Morgan fingerprint density at radius 2 is 0.602 bits per heavy atom. The van der Waals surface area contributed by atoms with Crippen LogP contribution in [0.4, 0.5) is 0 Å². The second-order valence-electron chi connectivity index (χ2n) is 31.9. The van der Waals surface area contributed by atoms with E-state index in [1.807, 2.05) is 54.5 Å². The topological polar surface area (TPSA) is 433 Å². The van der Waals surface area contributed by atoms with Crippen molar-refractivity contribution in [3.63, 3.8) is 0 Å². The van der Waals surface area contributed by atoms with Crippen molar-refractivity contribution in [3.8, 4) is 0 Å². The molecule has 5 atom stereocenters. The summed E-state index contributed by atoms with van der Waals surface area (Å²) in [5.41, 5.74) is 0.699. The molecule has 1 aromatic carbocycles. The molecule has 672 valence electrons. The number of nitrogens with zero attached hydrogens (tertiary/aromatic N) is 20. The van der Waals surface area contributed by atoms with Gasteiger partial charge >= 0.3 is 52.3 Å². The molecule has 11 aromatic rings. The van der Waals surface area contributed by atoms with Gasteiger partial charge in [-0.25, -0.2) is 58.5 Å². The number of carbonyl (C=O) groups excluding carboxylic acids is 4. The standard InChI is InChI=1S/C20H24N4O4.C18H28N4O4.C16H24N4O5.C15H22N4O4.C14H22N4O3/c1-14(28-19(26)15-10-5-4-6-11-15)9-7-8-12-24-18(25)16-17(21-13-22(16)2)23(3)20(24)27;1-12(26-16(24)18(2,3)4)9-7-8-10-22-15(23)13-14(19-11-20(13)5)21(6)17(22)25;1-11(25-12(21)9-24-4)7-5-6-8-20-15(22)13-14(17-10-18(13)2)19(3)16(20)23;1-10(23-11(2)20)7-5-6-8-19-14(21)12-13(16-9-17(12)3)18(4)15(19)22;1-10(21-4)7-5-6-8-18-13(19)11-12(15-9-16(11)2)17(3)14(18)20/h4-6,10-11,13-14H,7-9,12H2,1-3H3;11-12H,7-10H2,1-6H3;10-11H,5-9H2,1-4H3;9-10H,5-8H2,1-4H3;9-10H,5-8H2,1-4H3. The van der Waals surface area contributed by atoms with Gasteiger partial charge in [-0.1, -0.05) is 18.2 Å². The van der Waals surface area contributed by atoms with Crippen molar-refractivity contribution in [3.05, 3.63) is 172 Å². The number of aryl methyl sites for hydroxylation is 10. The van der Waals surface area contributed by atoms with Gasteiger partial charge < -0.3 is 51.3 Å². The summed E-state index contributed by atoms with van der Waals surface area (Å²) in [6.45, 7) is 17.8. The molecule has 0 saturated carbocycles. The number of benzene rings is 1. The second-order valence-corrected chi connectivity index (χ2v) is 31.9. The first-order valence-electron chi connectivity index (χ1n) is 41.0. The van der Waals surface area contributed by atoms with E-state index < -0.39 is 11.4 Å². The third kappa shape index (κ3) is 24.8. The molecule has 0 amide bonds. The van der Waals surface area contributed by atoms with E-state index in [1.54, 1.807) is 138 Å². The number of esters is 4. The van der Waals surface area contributed by atoms with Crippen LogP contribution in [0.5, 0.6) is 0 Å². The van der Waals surface area contributed by atoms with Gasteiger partial charge in [0.15, 0.2) is 55.8 Å². The van der Waals surface area contributed by atoms with E-state index in [-0.39, 0.29) is 111 Å². The molecule has 0 bridgehead atoms. The predicted octanol–water partition coefficient (Wildman–Crippen LogP) is 4.81. The molecule has 0 aliphatic heterocycles. The number of ether oxygens (including phenoxy) is 6. The van der Waals surface area contributed by atoms with Gasteiger partial charge in [0, 0.05) is 124 Å². The number of aromatic nitrogens is 20. The quantitative estimate of drug-likeness (QED) is 0.0302. The van der Waals surface area contributed by atoms with Crippen molar-refractivity contribution in [1.82, 2.24) is 93.4 Å². The number of fused-ring (bicyclic) bond motifs is 5. The Kier molecular flexibility index (Phi) is 35.4. The van der Waals surface area contributed by atoms with Crippen molar-refractivity contribution in [2.24, 2.45) is 75.9 Å². The Labute approximate surface area is 708 Å². The Morgan fingerprint density at radius 3 is 0.854 bits per heavy atom. The number of methoxy groups -OCH3 is 2. The Bertz CT molecular complexity index is 6160. The minimum Gasteiger partial charge on any atom is -0.463 e. The third-order valence-electron chi connectivity index (χ3n) is 20.8. The molecule has 0 aliphatic carbocycles. The zero-order valence-electron chi connectivity index (χ0n) is 74.6. The van der Waals surface area contributed by atoms with Crippen LogP contribution < -0.4 is 56.2 Å². The number of imidazole rings is 5. The largest absolute Gasteiger partial charge is 0.463 e. The molecule has 0 fully saturated rings. The molecule has 10 aromatic heterocycles. The van der Waals surface area contributed by atoms with Crippen molar-refractivity contribution < 1.29 is 47.6 Å². The van der Waals surface area contributed by atoms with Crippen molar-refractivity contribution in [1.29, 1.82) is 0 Å². The van der Waals surface area contributed by atoms with Crippen LogP contribution in [0.1, 0.15) is 169 Å². The highest BCUT2D eigenvalue weighted by Crippen LogP contribution is 2.19. The first-order valence-corrected chi connectivity index (χ1v) is 41.0. The number of hydrogen-bond acceptors (Lipinski definition) is 25. The molecule has 40 heteroatoms. The zero-order valence-corrected chi connectivity index (χ0v) is 74.6. The van der Waals surface area contributed by atoms with Gasteiger partial charge in [-0.15, -0.1) is 0 Å². The van der Waals surface area contributed by atoms with Gasteiger partial charge in [0.25, 0.3) is 27.8 Å². The number of carbonyl (C=O) groups is 4. The zero-order chi connectivity index (χ0) is 91.2. The Hall–Kier alpha value is -12.2. The van der Waals surface area contributed by atoms with E-state index in [2.05, 4.69) is 24.9 Å². The molecule has 10 heterocycles. The van der Waals surface area contributed by atoms with Crippen molar-refractivity contribution >= 4 is 79.7 Å². The molecule has 0 radical (unpaired) electrons. The lowest BCUT2D eigenvalue weighted by Crippen LogP contribution is -2.39. The monoisotopic (exact) mass is 1720 g/mol. The van der Waals surface area contributed by atoms with E-state index in [0.717, 1.165) is 44.9 Å². The van der Waals surface area contributed by atoms with Crippen LogP contribution in [0, 0.1) is 5.41 Å².